The van der Waals surface area contributed by atoms with Gasteiger partial charge >= 0.3 is 0 Å². The first kappa shape index (κ1) is 13.8. The number of rotatable bonds is 5. The number of nitrogens with zero attached hydrogens (tertiary/aromatic N) is 1. The van der Waals surface area contributed by atoms with E-state index in [0.29, 0.717) is 6.42 Å². The maximum absolute atomic E-state index is 13.2. The lowest BCUT2D eigenvalue weighted by molar-refractivity contribution is -0.122. The maximum Gasteiger partial charge on any atom is 0.237 e. The first-order chi connectivity index (χ1) is 8.90. The molecule has 0 bridgehead atoms. The Morgan fingerprint density at radius 1 is 1.53 bits per heavy atom. The number of nitrogens with two attached hydrogens (primary N) is 2. The topological polar surface area (TPSA) is 72.3 Å². The summed E-state index contributed by atoms with van der Waals surface area (Å²) in [6, 6.07) is 4.89. The summed E-state index contributed by atoms with van der Waals surface area (Å²) in [6.07, 6.45) is 2.22. The van der Waals surface area contributed by atoms with Crippen LogP contribution in [-0.2, 0) is 11.2 Å². The van der Waals surface area contributed by atoms with Crippen LogP contribution in [0.3, 0.4) is 0 Å². The van der Waals surface area contributed by atoms with Gasteiger partial charge in [-0.2, -0.15) is 0 Å². The number of anilines is 1. The first-order valence-corrected chi connectivity index (χ1v) is 6.52. The fraction of sp³-hybridized carbons (Fsp3) is 0.500. The smallest absolute Gasteiger partial charge is 0.237 e. The number of fused-ring (bicyclic) bond motifs is 1. The number of benzene rings is 1. The van der Waals surface area contributed by atoms with Gasteiger partial charge in [0.15, 0.2) is 0 Å². The molecule has 0 aromatic heterocycles. The van der Waals surface area contributed by atoms with Crippen molar-refractivity contribution in [3.8, 4) is 0 Å². The van der Waals surface area contributed by atoms with Crippen molar-refractivity contribution in [1.82, 2.24) is 0 Å². The Morgan fingerprint density at radius 3 is 2.95 bits per heavy atom. The Balaban J connectivity index is 1.93. The molecule has 0 saturated carbocycles. The fourth-order valence-electron chi connectivity index (χ4n) is 2.41. The van der Waals surface area contributed by atoms with E-state index in [4.69, 9.17) is 11.5 Å². The van der Waals surface area contributed by atoms with Crippen LogP contribution in [-0.4, -0.2) is 24.5 Å². The molecule has 19 heavy (non-hydrogen) atoms. The van der Waals surface area contributed by atoms with Gasteiger partial charge in [-0.05, 0) is 43.9 Å². The molecule has 1 aromatic rings. The molecule has 5 heteroatoms. The second-order valence-electron chi connectivity index (χ2n) is 5.40. The van der Waals surface area contributed by atoms with Gasteiger partial charge < -0.3 is 16.4 Å². The van der Waals surface area contributed by atoms with Gasteiger partial charge in [-0.15, -0.1) is 0 Å². The van der Waals surface area contributed by atoms with Crippen molar-refractivity contribution in [2.45, 2.75) is 31.7 Å². The van der Waals surface area contributed by atoms with Gasteiger partial charge in [-0.1, -0.05) is 6.07 Å². The highest BCUT2D eigenvalue weighted by Crippen LogP contribution is 2.29. The Hall–Kier alpha value is -1.62. The number of carbonyl (C=O) groups is 1. The summed E-state index contributed by atoms with van der Waals surface area (Å²) in [5.41, 5.74) is 12.2. The molecule has 4 nitrogen and oxygen atoms in total. The molecular formula is C14H20FN3O. The van der Waals surface area contributed by atoms with Crippen molar-refractivity contribution < 1.29 is 9.18 Å². The van der Waals surface area contributed by atoms with Crippen LogP contribution in [0.5, 0.6) is 0 Å². The predicted octanol–water partition coefficient (Wildman–Crippen LogP) is 1.17. The summed E-state index contributed by atoms with van der Waals surface area (Å²) in [5, 5.41) is 0. The zero-order chi connectivity index (χ0) is 14.0. The summed E-state index contributed by atoms with van der Waals surface area (Å²) in [5.74, 6) is -0.702. The van der Waals surface area contributed by atoms with Gasteiger partial charge in [0.05, 0.1) is 5.54 Å². The summed E-state index contributed by atoms with van der Waals surface area (Å²) >= 11 is 0. The summed E-state index contributed by atoms with van der Waals surface area (Å²) in [7, 11) is 0. The van der Waals surface area contributed by atoms with Crippen molar-refractivity contribution in [3.63, 3.8) is 0 Å². The third-order valence-corrected chi connectivity index (χ3v) is 3.73. The maximum atomic E-state index is 13.2. The zero-order valence-electron chi connectivity index (χ0n) is 11.2. The van der Waals surface area contributed by atoms with E-state index < -0.39 is 11.4 Å². The van der Waals surface area contributed by atoms with Crippen molar-refractivity contribution in [2.75, 3.05) is 18.0 Å². The fourth-order valence-corrected chi connectivity index (χ4v) is 2.41. The van der Waals surface area contributed by atoms with E-state index in [-0.39, 0.29) is 5.82 Å². The molecule has 1 aromatic carbocycles. The average molecular weight is 265 g/mol. The average Bonchev–Trinajstić information content (AvgIpc) is 2.71. The van der Waals surface area contributed by atoms with Gasteiger partial charge in [0.2, 0.25) is 5.91 Å². The largest absolute Gasteiger partial charge is 0.371 e. The molecule has 1 aliphatic heterocycles. The minimum absolute atomic E-state index is 0.216. The van der Waals surface area contributed by atoms with Crippen LogP contribution in [0.25, 0.3) is 0 Å². The van der Waals surface area contributed by atoms with Crippen LogP contribution < -0.4 is 16.4 Å². The van der Waals surface area contributed by atoms with E-state index in [0.717, 1.165) is 31.6 Å². The molecular weight excluding hydrogens is 245 g/mol. The standard InChI is InChI=1S/C14H20FN3O/c1-14(17,13(16)19)6-2-7-18-8-5-10-3-4-11(15)9-12(10)18/h3-4,9H,2,5-8,17H2,1H3,(H2,16,19). The van der Waals surface area contributed by atoms with Gasteiger partial charge in [-0.25, -0.2) is 4.39 Å². The Bertz CT molecular complexity index is 488. The molecule has 1 aliphatic rings. The zero-order valence-corrected chi connectivity index (χ0v) is 11.2. The van der Waals surface area contributed by atoms with Crippen LogP contribution in [0.2, 0.25) is 0 Å². The molecule has 104 valence electrons. The van der Waals surface area contributed by atoms with Crippen molar-refractivity contribution >= 4 is 11.6 Å². The van der Waals surface area contributed by atoms with E-state index >= 15 is 0 Å². The lowest BCUT2D eigenvalue weighted by atomic mass is 9.96. The minimum atomic E-state index is -0.968. The number of hydrogen-bond donors (Lipinski definition) is 2. The van der Waals surface area contributed by atoms with Crippen LogP contribution >= 0.6 is 0 Å². The molecule has 0 saturated heterocycles. The second kappa shape index (κ2) is 5.17. The number of hydrogen-bond acceptors (Lipinski definition) is 3. The molecule has 0 fully saturated rings. The molecule has 2 rings (SSSR count). The molecule has 1 amide bonds. The summed E-state index contributed by atoms with van der Waals surface area (Å²) in [6.45, 7) is 3.29. The van der Waals surface area contributed by atoms with E-state index in [1.54, 1.807) is 13.0 Å². The quantitative estimate of drug-likeness (QED) is 0.839. The third kappa shape index (κ3) is 3.04. The predicted molar refractivity (Wildman–Crippen MR) is 73.3 cm³/mol. The molecule has 1 heterocycles. The van der Waals surface area contributed by atoms with E-state index in [2.05, 4.69) is 4.90 Å². The third-order valence-electron chi connectivity index (χ3n) is 3.73. The molecule has 1 unspecified atom stereocenters. The van der Waals surface area contributed by atoms with Gasteiger partial charge in [0.1, 0.15) is 5.82 Å². The molecule has 0 aliphatic carbocycles. The van der Waals surface area contributed by atoms with Crippen molar-refractivity contribution in [2.24, 2.45) is 11.5 Å². The minimum Gasteiger partial charge on any atom is -0.371 e. The highest BCUT2D eigenvalue weighted by Gasteiger charge is 2.26. The van der Waals surface area contributed by atoms with Crippen LogP contribution in [0.15, 0.2) is 18.2 Å². The number of primary amides is 1. The Kier molecular flexibility index (Phi) is 3.75. The van der Waals surface area contributed by atoms with E-state index in [1.165, 1.54) is 11.6 Å². The number of carbonyl (C=O) groups excluding carboxylic acids is 1. The molecule has 0 radical (unpaired) electrons. The number of halogens is 1. The molecule has 1 atom stereocenters. The normalized spacial score (nSPS) is 17.1. The van der Waals surface area contributed by atoms with Crippen molar-refractivity contribution in [1.29, 1.82) is 0 Å². The van der Waals surface area contributed by atoms with Gasteiger partial charge in [0, 0.05) is 18.8 Å². The lowest BCUT2D eigenvalue weighted by Crippen LogP contribution is -2.49. The number of amides is 1. The van der Waals surface area contributed by atoms with Crippen LogP contribution in [0, 0.1) is 5.82 Å². The van der Waals surface area contributed by atoms with Crippen molar-refractivity contribution in [3.05, 3.63) is 29.6 Å². The Morgan fingerprint density at radius 2 is 2.26 bits per heavy atom. The first-order valence-electron chi connectivity index (χ1n) is 6.52. The van der Waals surface area contributed by atoms with E-state index in [9.17, 15) is 9.18 Å². The lowest BCUT2D eigenvalue weighted by Gasteiger charge is -2.24. The highest BCUT2D eigenvalue weighted by atomic mass is 19.1. The molecule has 4 N–H and O–H groups in total. The van der Waals surface area contributed by atoms with Crippen LogP contribution in [0.4, 0.5) is 10.1 Å². The summed E-state index contributed by atoms with van der Waals surface area (Å²) in [4.78, 5) is 13.3. The Labute approximate surface area is 112 Å². The SMILES string of the molecule is CC(N)(CCCN1CCc2ccc(F)cc21)C(N)=O. The monoisotopic (exact) mass is 265 g/mol. The molecule has 0 spiro atoms. The van der Waals surface area contributed by atoms with Gasteiger partial charge in [-0.3, -0.25) is 4.79 Å². The van der Waals surface area contributed by atoms with E-state index in [1.807, 2.05) is 6.07 Å². The summed E-state index contributed by atoms with van der Waals surface area (Å²) < 4.78 is 13.2. The highest BCUT2D eigenvalue weighted by molar-refractivity contribution is 5.83. The van der Waals surface area contributed by atoms with Gasteiger partial charge in [0.25, 0.3) is 0 Å². The second-order valence-corrected chi connectivity index (χ2v) is 5.40. The van der Waals surface area contributed by atoms with Crippen LogP contribution in [0.1, 0.15) is 25.3 Å².